The number of carbonyl (C=O) groups excluding carboxylic acids is 1. The fourth-order valence-corrected chi connectivity index (χ4v) is 2.82. The Morgan fingerprint density at radius 1 is 1.36 bits per heavy atom. The summed E-state index contributed by atoms with van der Waals surface area (Å²) in [6, 6.07) is 3.50. The van der Waals surface area contributed by atoms with Gasteiger partial charge in [0, 0.05) is 38.6 Å². The lowest BCUT2D eigenvalue weighted by atomic mass is 10.0. The third-order valence-electron chi connectivity index (χ3n) is 4.31. The first-order valence-corrected chi connectivity index (χ1v) is 8.93. The van der Waals surface area contributed by atoms with E-state index in [0.29, 0.717) is 18.8 Å². The van der Waals surface area contributed by atoms with E-state index < -0.39 is 5.60 Å². The zero-order chi connectivity index (χ0) is 18.4. The van der Waals surface area contributed by atoms with Gasteiger partial charge in [0.15, 0.2) is 5.96 Å². The number of aliphatic hydroxyl groups is 1. The number of rotatable bonds is 5. The van der Waals surface area contributed by atoms with Crippen LogP contribution in [0.15, 0.2) is 27.8 Å². The molecule has 7 nitrogen and oxygen atoms in total. The molecule has 2 N–H and O–H groups in total. The van der Waals surface area contributed by atoms with Crippen LogP contribution in [0.4, 0.5) is 0 Å². The van der Waals surface area contributed by atoms with E-state index in [2.05, 4.69) is 15.2 Å². The highest BCUT2D eigenvalue weighted by Crippen LogP contribution is 2.21. The van der Waals surface area contributed by atoms with Crippen LogP contribution in [0.1, 0.15) is 33.5 Å². The summed E-state index contributed by atoms with van der Waals surface area (Å²) in [5.74, 6) is 1.48. The van der Waals surface area contributed by atoms with Crippen molar-refractivity contribution in [3.63, 3.8) is 0 Å². The van der Waals surface area contributed by atoms with Crippen LogP contribution in [0.25, 0.3) is 0 Å². The molecule has 1 amide bonds. The minimum Gasteiger partial charge on any atom is -0.466 e. The number of furan rings is 1. The normalized spacial score (nSPS) is 18.4. The van der Waals surface area contributed by atoms with Crippen LogP contribution in [-0.4, -0.2) is 66.0 Å². The van der Waals surface area contributed by atoms with Gasteiger partial charge < -0.3 is 24.6 Å². The number of amides is 1. The summed E-state index contributed by atoms with van der Waals surface area (Å²) in [6.45, 7) is 11.3. The van der Waals surface area contributed by atoms with Gasteiger partial charge >= 0.3 is 0 Å². The van der Waals surface area contributed by atoms with E-state index >= 15 is 0 Å². The van der Waals surface area contributed by atoms with Crippen molar-refractivity contribution >= 4 is 11.9 Å². The number of nitrogens with one attached hydrogen (secondary N) is 1. The van der Waals surface area contributed by atoms with E-state index in [1.807, 2.05) is 25.7 Å². The first-order chi connectivity index (χ1) is 11.8. The predicted octanol–water partition coefficient (Wildman–Crippen LogP) is 1.25. The van der Waals surface area contributed by atoms with E-state index in [1.54, 1.807) is 25.3 Å². The molecule has 25 heavy (non-hydrogen) atoms. The number of guanidine groups is 1. The van der Waals surface area contributed by atoms with Gasteiger partial charge in [0.25, 0.3) is 0 Å². The van der Waals surface area contributed by atoms with Crippen molar-refractivity contribution in [2.24, 2.45) is 10.9 Å². The monoisotopic (exact) mass is 350 g/mol. The van der Waals surface area contributed by atoms with E-state index in [9.17, 15) is 9.90 Å². The number of aliphatic imine (C=N–C) groups is 1. The molecule has 0 spiro atoms. The maximum Gasteiger partial charge on any atom is 0.225 e. The van der Waals surface area contributed by atoms with Crippen molar-refractivity contribution in [1.82, 2.24) is 15.1 Å². The third-order valence-corrected chi connectivity index (χ3v) is 4.31. The van der Waals surface area contributed by atoms with Gasteiger partial charge in [-0.25, -0.2) is 4.99 Å². The molecular formula is C18H30N4O3. The van der Waals surface area contributed by atoms with Crippen molar-refractivity contribution in [2.45, 2.75) is 33.3 Å². The second-order valence-corrected chi connectivity index (χ2v) is 6.89. The summed E-state index contributed by atoms with van der Waals surface area (Å²) < 4.78 is 5.30. The molecule has 1 atom stereocenters. The molecule has 1 aromatic rings. The highest BCUT2D eigenvalue weighted by atomic mass is 16.4. The summed E-state index contributed by atoms with van der Waals surface area (Å²) in [7, 11) is 0. The Labute approximate surface area is 149 Å². The zero-order valence-corrected chi connectivity index (χ0v) is 15.7. The number of carbonyl (C=O) groups is 1. The van der Waals surface area contributed by atoms with Gasteiger partial charge in [-0.2, -0.15) is 0 Å². The second-order valence-electron chi connectivity index (χ2n) is 6.89. The molecule has 0 aromatic carbocycles. The van der Waals surface area contributed by atoms with Gasteiger partial charge in [-0.15, -0.1) is 0 Å². The molecule has 1 aromatic heterocycles. The van der Waals surface area contributed by atoms with Gasteiger partial charge in [0.1, 0.15) is 11.4 Å². The molecule has 1 saturated heterocycles. The quantitative estimate of drug-likeness (QED) is 0.617. The van der Waals surface area contributed by atoms with Gasteiger partial charge in [-0.05, 0) is 26.0 Å². The average Bonchev–Trinajstić information content (AvgIpc) is 3.13. The lowest BCUT2D eigenvalue weighted by Gasteiger charge is -2.37. The Hall–Kier alpha value is -2.02. The van der Waals surface area contributed by atoms with E-state index in [1.165, 1.54) is 0 Å². The van der Waals surface area contributed by atoms with Gasteiger partial charge in [0.2, 0.25) is 5.91 Å². The van der Waals surface area contributed by atoms with Crippen LogP contribution >= 0.6 is 0 Å². The largest absolute Gasteiger partial charge is 0.466 e. The lowest BCUT2D eigenvalue weighted by Crippen LogP contribution is -2.54. The minimum atomic E-state index is -1.15. The molecule has 1 aliphatic rings. The van der Waals surface area contributed by atoms with Crippen molar-refractivity contribution < 1.29 is 14.3 Å². The van der Waals surface area contributed by atoms with Crippen molar-refractivity contribution in [1.29, 1.82) is 0 Å². The highest BCUT2D eigenvalue weighted by molar-refractivity contribution is 5.81. The Morgan fingerprint density at radius 2 is 2.00 bits per heavy atom. The third kappa shape index (κ3) is 4.98. The molecular weight excluding hydrogens is 320 g/mol. The SMILES string of the molecule is CCNC(=NCC(C)(O)c1ccco1)N1CCN(C(=O)C(C)C)CC1. The molecule has 2 rings (SSSR count). The highest BCUT2D eigenvalue weighted by Gasteiger charge is 2.28. The number of hydrogen-bond acceptors (Lipinski definition) is 4. The molecule has 1 aliphatic heterocycles. The molecule has 0 radical (unpaired) electrons. The van der Waals surface area contributed by atoms with Crippen molar-refractivity contribution in [3.05, 3.63) is 24.2 Å². The smallest absolute Gasteiger partial charge is 0.225 e. The summed E-state index contributed by atoms with van der Waals surface area (Å²) in [4.78, 5) is 20.7. The van der Waals surface area contributed by atoms with E-state index in [4.69, 9.17) is 4.42 Å². The summed E-state index contributed by atoms with van der Waals surface area (Å²) in [5.41, 5.74) is -1.15. The first kappa shape index (κ1) is 19.3. The van der Waals surface area contributed by atoms with Gasteiger partial charge in [-0.3, -0.25) is 4.79 Å². The Kier molecular flexibility index (Phi) is 6.47. The number of nitrogens with zero attached hydrogens (tertiary/aromatic N) is 3. The van der Waals surface area contributed by atoms with Crippen LogP contribution in [0, 0.1) is 5.92 Å². The van der Waals surface area contributed by atoms with Crippen LogP contribution in [0.2, 0.25) is 0 Å². The Morgan fingerprint density at radius 3 is 2.52 bits per heavy atom. The second kappa shape index (κ2) is 8.38. The molecule has 7 heteroatoms. The van der Waals surface area contributed by atoms with E-state index in [-0.39, 0.29) is 18.4 Å². The van der Waals surface area contributed by atoms with Crippen molar-refractivity contribution in [2.75, 3.05) is 39.3 Å². The first-order valence-electron chi connectivity index (χ1n) is 8.93. The number of piperazine rings is 1. The van der Waals surface area contributed by atoms with Gasteiger partial charge in [-0.1, -0.05) is 13.8 Å². The predicted molar refractivity (Wildman–Crippen MR) is 97.2 cm³/mol. The van der Waals surface area contributed by atoms with Crippen LogP contribution in [0.3, 0.4) is 0 Å². The van der Waals surface area contributed by atoms with Crippen molar-refractivity contribution in [3.8, 4) is 0 Å². The molecule has 0 bridgehead atoms. The standard InChI is InChI=1S/C18H30N4O3/c1-5-19-17(20-13-18(4,24)15-7-6-12-25-15)22-10-8-21(9-11-22)16(23)14(2)3/h6-7,12,14,24H,5,8-11,13H2,1-4H3,(H,19,20). The lowest BCUT2D eigenvalue weighted by molar-refractivity contribution is -0.135. The van der Waals surface area contributed by atoms with Gasteiger partial charge in [0.05, 0.1) is 12.8 Å². The number of hydrogen-bond donors (Lipinski definition) is 2. The Bertz CT molecular complexity index is 573. The maximum absolute atomic E-state index is 12.1. The summed E-state index contributed by atoms with van der Waals surface area (Å²) >= 11 is 0. The molecule has 0 aliphatic carbocycles. The Balaban J connectivity index is 2.00. The fraction of sp³-hybridized carbons (Fsp3) is 0.667. The topological polar surface area (TPSA) is 81.3 Å². The molecule has 2 heterocycles. The average molecular weight is 350 g/mol. The zero-order valence-electron chi connectivity index (χ0n) is 15.7. The van der Waals surface area contributed by atoms with Crippen LogP contribution < -0.4 is 5.32 Å². The summed E-state index contributed by atoms with van der Waals surface area (Å²) in [5, 5.41) is 13.8. The molecule has 1 unspecified atom stereocenters. The van der Waals surface area contributed by atoms with Crippen LogP contribution in [-0.2, 0) is 10.4 Å². The molecule has 1 fully saturated rings. The summed E-state index contributed by atoms with van der Waals surface area (Å²) in [6.07, 6.45) is 1.55. The maximum atomic E-state index is 12.1. The molecule has 0 saturated carbocycles. The molecule has 140 valence electrons. The van der Waals surface area contributed by atoms with E-state index in [0.717, 1.165) is 25.6 Å². The minimum absolute atomic E-state index is 0.0249. The fourth-order valence-electron chi connectivity index (χ4n) is 2.82. The van der Waals surface area contributed by atoms with Crippen LogP contribution in [0.5, 0.6) is 0 Å².